The largest absolute Gasteiger partial charge is 0.460 e. The summed E-state index contributed by atoms with van der Waals surface area (Å²) < 4.78 is 61.6. The summed E-state index contributed by atoms with van der Waals surface area (Å²) in [4.78, 5) is 46.5. The molecule has 2 aliphatic heterocycles. The van der Waals surface area contributed by atoms with Gasteiger partial charge in [-0.3, -0.25) is 9.69 Å². The van der Waals surface area contributed by atoms with Gasteiger partial charge in [0.05, 0.1) is 22.6 Å². The second-order valence-electron chi connectivity index (χ2n) is 17.6. The van der Waals surface area contributed by atoms with Gasteiger partial charge in [-0.1, -0.05) is 30.7 Å². The van der Waals surface area contributed by atoms with Gasteiger partial charge < -0.3 is 19.1 Å². The second-order valence-corrected chi connectivity index (χ2v) is 18.7. The number of carbonyl (C=O) groups excluding carboxylic acids is 3. The molecule has 3 aliphatic rings. The van der Waals surface area contributed by atoms with Gasteiger partial charge in [0, 0.05) is 35.3 Å². The molecule has 1 saturated carbocycles. The van der Waals surface area contributed by atoms with Crippen molar-refractivity contribution in [3.05, 3.63) is 41.5 Å². The van der Waals surface area contributed by atoms with E-state index in [1.165, 1.54) is 21.6 Å². The van der Waals surface area contributed by atoms with Gasteiger partial charge in [0.25, 0.3) is 0 Å². The molecule has 0 atom stereocenters. The van der Waals surface area contributed by atoms with Crippen molar-refractivity contribution < 1.29 is 41.8 Å². The Balaban J connectivity index is 1.57. The van der Waals surface area contributed by atoms with E-state index >= 15 is 0 Å². The number of amides is 2. The molecule has 0 unspecified atom stereocenters. The Hall–Kier alpha value is -3.45. The van der Waals surface area contributed by atoms with Crippen LogP contribution < -0.4 is 9.80 Å². The van der Waals surface area contributed by atoms with Gasteiger partial charge in [0.2, 0.25) is 0 Å². The molecular weight excluding hydrogens is 720 g/mol. The topological polar surface area (TPSA) is 88.6 Å². The molecule has 2 aromatic rings. The van der Waals surface area contributed by atoms with Crippen molar-refractivity contribution in [3.8, 4) is 0 Å². The van der Waals surface area contributed by atoms with Crippen LogP contribution in [-0.2, 0) is 25.2 Å². The minimum atomic E-state index is -4.75. The molecule has 54 heavy (non-hydrogen) atoms. The number of halogens is 3. The standard InChI is InChI=1S/C41H56F3N3O6S/c1-38(2,3)51-34(48)15-12-20-45-21-18-29(19-22-45)46(36(49)52-39(4,5)6)31-24-28(41(42,43)44)25-33-35(31)47(37(50)53-40(7,8)9)30-17-16-27(23-32(30)54-33)26-13-10-11-14-26/h16-17,23-26,29H,10-15,18-22H2,1-9H3. The van der Waals surface area contributed by atoms with Gasteiger partial charge in [0.1, 0.15) is 16.8 Å². The number of benzene rings is 2. The molecule has 2 heterocycles. The Morgan fingerprint density at radius 2 is 1.41 bits per heavy atom. The third kappa shape index (κ3) is 10.6. The molecule has 2 aromatic carbocycles. The molecule has 2 fully saturated rings. The van der Waals surface area contributed by atoms with Gasteiger partial charge in [-0.05, 0) is 137 Å². The fourth-order valence-electron chi connectivity index (χ4n) is 7.29. The smallest absolute Gasteiger partial charge is 0.419 e. The van der Waals surface area contributed by atoms with E-state index in [2.05, 4.69) is 4.90 Å². The highest BCUT2D eigenvalue weighted by Gasteiger charge is 2.43. The molecule has 0 bridgehead atoms. The zero-order valence-corrected chi connectivity index (χ0v) is 34.0. The molecule has 0 N–H and O–H groups in total. The van der Waals surface area contributed by atoms with Crippen molar-refractivity contribution in [2.24, 2.45) is 0 Å². The maximum Gasteiger partial charge on any atom is 0.419 e. The lowest BCUT2D eigenvalue weighted by Gasteiger charge is -2.42. The van der Waals surface area contributed by atoms with Crippen LogP contribution in [-0.4, -0.2) is 65.5 Å². The Labute approximate surface area is 322 Å². The van der Waals surface area contributed by atoms with Crippen molar-refractivity contribution in [2.75, 3.05) is 29.4 Å². The van der Waals surface area contributed by atoms with E-state index in [0.29, 0.717) is 55.4 Å². The van der Waals surface area contributed by atoms with E-state index in [0.717, 1.165) is 43.4 Å². The van der Waals surface area contributed by atoms with Crippen LogP contribution >= 0.6 is 11.8 Å². The highest BCUT2D eigenvalue weighted by Crippen LogP contribution is 2.55. The first-order valence-corrected chi connectivity index (χ1v) is 19.9. The lowest BCUT2D eigenvalue weighted by atomic mass is 9.97. The lowest BCUT2D eigenvalue weighted by molar-refractivity contribution is -0.155. The van der Waals surface area contributed by atoms with Crippen LogP contribution in [0.15, 0.2) is 40.1 Å². The summed E-state index contributed by atoms with van der Waals surface area (Å²) >= 11 is 1.17. The van der Waals surface area contributed by atoms with E-state index in [1.54, 1.807) is 41.5 Å². The zero-order valence-electron chi connectivity index (χ0n) is 33.2. The predicted octanol–water partition coefficient (Wildman–Crippen LogP) is 11.2. The molecular formula is C41H56F3N3O6S. The third-order valence-corrected chi connectivity index (χ3v) is 10.6. The number of carbonyl (C=O) groups is 3. The molecule has 1 aliphatic carbocycles. The first-order chi connectivity index (χ1) is 25.0. The first kappa shape index (κ1) is 41.7. The van der Waals surface area contributed by atoms with Gasteiger partial charge in [-0.25, -0.2) is 14.5 Å². The Morgan fingerprint density at radius 3 is 1.98 bits per heavy atom. The number of ether oxygens (including phenoxy) is 3. The monoisotopic (exact) mass is 775 g/mol. The summed E-state index contributed by atoms with van der Waals surface area (Å²) in [5.74, 6) is 0.0710. The summed E-state index contributed by atoms with van der Waals surface area (Å²) in [5, 5.41) is 0. The van der Waals surface area contributed by atoms with Crippen LogP contribution in [0.5, 0.6) is 0 Å². The van der Waals surface area contributed by atoms with Gasteiger partial charge in [0.15, 0.2) is 0 Å². The lowest BCUT2D eigenvalue weighted by Crippen LogP contribution is -2.50. The fraction of sp³-hybridized carbons (Fsp3) is 0.634. The van der Waals surface area contributed by atoms with Crippen molar-refractivity contribution in [1.82, 2.24) is 4.90 Å². The van der Waals surface area contributed by atoms with Gasteiger partial charge in [-0.2, -0.15) is 13.2 Å². The molecule has 2 amide bonds. The average Bonchev–Trinajstić information content (AvgIpc) is 3.56. The van der Waals surface area contributed by atoms with E-state index in [9.17, 15) is 27.6 Å². The van der Waals surface area contributed by atoms with Crippen LogP contribution in [0.2, 0.25) is 0 Å². The molecule has 1 saturated heterocycles. The number of nitrogens with zero attached hydrogens (tertiary/aromatic N) is 3. The minimum Gasteiger partial charge on any atom is -0.460 e. The molecule has 298 valence electrons. The highest BCUT2D eigenvalue weighted by atomic mass is 32.2. The number of alkyl halides is 3. The van der Waals surface area contributed by atoms with Crippen LogP contribution in [0.4, 0.5) is 39.8 Å². The number of anilines is 3. The molecule has 0 spiro atoms. The normalized spacial score (nSPS) is 17.5. The number of hydrogen-bond donors (Lipinski definition) is 0. The number of hydrogen-bond acceptors (Lipinski definition) is 8. The molecule has 5 rings (SSSR count). The van der Waals surface area contributed by atoms with E-state index in [4.69, 9.17) is 14.2 Å². The number of rotatable bonds is 7. The Morgan fingerprint density at radius 1 is 0.796 bits per heavy atom. The van der Waals surface area contributed by atoms with Gasteiger partial charge in [-0.15, -0.1) is 0 Å². The summed E-state index contributed by atoms with van der Waals surface area (Å²) in [5.41, 5.74) is -1.73. The van der Waals surface area contributed by atoms with E-state index in [-0.39, 0.29) is 28.7 Å². The fourth-order valence-corrected chi connectivity index (χ4v) is 8.46. The second kappa shape index (κ2) is 16.0. The average molecular weight is 776 g/mol. The van der Waals surface area contributed by atoms with Crippen molar-refractivity contribution in [3.63, 3.8) is 0 Å². The summed E-state index contributed by atoms with van der Waals surface area (Å²) in [6.45, 7) is 17.5. The van der Waals surface area contributed by atoms with Crippen molar-refractivity contribution in [1.29, 1.82) is 0 Å². The Kier molecular flexibility index (Phi) is 12.3. The van der Waals surface area contributed by atoms with Crippen LogP contribution in [0, 0.1) is 0 Å². The first-order valence-electron chi connectivity index (χ1n) is 19.1. The third-order valence-electron chi connectivity index (χ3n) is 9.50. The summed E-state index contributed by atoms with van der Waals surface area (Å²) in [6.07, 6.45) is -0.305. The Bertz CT molecular complexity index is 1700. The summed E-state index contributed by atoms with van der Waals surface area (Å²) in [6, 6.07) is 7.30. The quantitative estimate of drug-likeness (QED) is 0.203. The van der Waals surface area contributed by atoms with Crippen LogP contribution in [0.3, 0.4) is 0 Å². The highest BCUT2D eigenvalue weighted by molar-refractivity contribution is 7.99. The number of likely N-dealkylation sites (tertiary alicyclic amines) is 1. The maximum absolute atomic E-state index is 14.8. The van der Waals surface area contributed by atoms with E-state index in [1.807, 2.05) is 39.0 Å². The van der Waals surface area contributed by atoms with E-state index < -0.39 is 46.8 Å². The summed E-state index contributed by atoms with van der Waals surface area (Å²) in [7, 11) is 0. The molecule has 0 radical (unpaired) electrons. The minimum absolute atomic E-state index is 0.0682. The van der Waals surface area contributed by atoms with Crippen LogP contribution in [0.1, 0.15) is 131 Å². The SMILES string of the molecule is CC(C)(C)OC(=O)CCCN1CCC(N(C(=O)OC(C)(C)C)c2cc(C(F)(F)F)cc3c2N(C(=O)OC(C)(C)C)c2ccc(C4CCCC4)cc2S3)CC1. The molecule has 9 nitrogen and oxygen atoms in total. The maximum atomic E-state index is 14.8. The molecule has 0 aromatic heterocycles. The predicted molar refractivity (Wildman–Crippen MR) is 205 cm³/mol. The number of fused-ring (bicyclic) bond motifs is 2. The number of esters is 1. The van der Waals surface area contributed by atoms with Crippen molar-refractivity contribution in [2.45, 2.75) is 158 Å². The van der Waals surface area contributed by atoms with Gasteiger partial charge >= 0.3 is 24.3 Å². The zero-order chi connectivity index (χ0) is 39.8. The molecule has 13 heteroatoms. The van der Waals surface area contributed by atoms with Crippen LogP contribution in [0.25, 0.3) is 0 Å². The number of piperidine rings is 1. The van der Waals surface area contributed by atoms with Crippen molar-refractivity contribution >= 4 is 47.0 Å².